The fourth-order valence-corrected chi connectivity index (χ4v) is 2.18. The first kappa shape index (κ1) is 17.0. The first-order chi connectivity index (χ1) is 12.1. The number of nitrogens with one attached hydrogen (secondary N) is 1. The van der Waals surface area contributed by atoms with E-state index in [2.05, 4.69) is 20.4 Å². The second kappa shape index (κ2) is 7.38. The summed E-state index contributed by atoms with van der Waals surface area (Å²) in [6.07, 6.45) is 7.11. The van der Waals surface area contributed by atoms with Gasteiger partial charge < -0.3 is 10.2 Å². The van der Waals surface area contributed by atoms with Crippen molar-refractivity contribution in [3.8, 4) is 0 Å². The molecule has 0 aliphatic heterocycles. The van der Waals surface area contributed by atoms with E-state index in [4.69, 9.17) is 4.84 Å². The van der Waals surface area contributed by atoms with Gasteiger partial charge in [0, 0.05) is 23.5 Å². The van der Waals surface area contributed by atoms with Crippen molar-refractivity contribution in [2.24, 2.45) is 5.16 Å². The SMILES string of the molecule is CC/C(=N/OC1CC1)c1ccc(NC(=O)c2cncc(F)c2C)nc1. The van der Waals surface area contributed by atoms with Gasteiger partial charge in [0.15, 0.2) is 0 Å². The predicted octanol–water partition coefficient (Wildman–Crippen LogP) is 3.47. The minimum Gasteiger partial charge on any atom is -0.392 e. The van der Waals surface area contributed by atoms with Crippen molar-refractivity contribution in [1.29, 1.82) is 0 Å². The van der Waals surface area contributed by atoms with E-state index in [0.29, 0.717) is 12.2 Å². The van der Waals surface area contributed by atoms with Crippen molar-refractivity contribution < 1.29 is 14.0 Å². The summed E-state index contributed by atoms with van der Waals surface area (Å²) in [5.74, 6) is -0.599. The average Bonchev–Trinajstić information content (AvgIpc) is 3.43. The molecular formula is C18H19FN4O2. The lowest BCUT2D eigenvalue weighted by atomic mass is 10.1. The third-order valence-electron chi connectivity index (χ3n) is 3.91. The smallest absolute Gasteiger partial charge is 0.258 e. The van der Waals surface area contributed by atoms with Crippen molar-refractivity contribution in [1.82, 2.24) is 9.97 Å². The molecule has 0 radical (unpaired) electrons. The standard InChI is InChI=1S/C18H19FN4O2/c1-3-16(23-25-13-5-6-13)12-4-7-17(21-8-12)22-18(24)14-9-20-10-15(19)11(14)2/h4,7-10,13H,3,5-6H2,1-2H3,(H,21,22,24)/b23-16-. The molecule has 130 valence electrons. The van der Waals surface area contributed by atoms with Gasteiger partial charge in [0.2, 0.25) is 0 Å². The number of carbonyl (C=O) groups excluding carboxylic acids is 1. The van der Waals surface area contributed by atoms with Crippen LogP contribution in [-0.4, -0.2) is 27.7 Å². The fraction of sp³-hybridized carbons (Fsp3) is 0.333. The van der Waals surface area contributed by atoms with Crippen molar-refractivity contribution >= 4 is 17.4 Å². The normalized spacial score (nSPS) is 14.3. The van der Waals surface area contributed by atoms with Crippen LogP contribution in [-0.2, 0) is 4.84 Å². The molecule has 0 bridgehead atoms. The summed E-state index contributed by atoms with van der Waals surface area (Å²) < 4.78 is 13.5. The Hall–Kier alpha value is -2.83. The first-order valence-electron chi connectivity index (χ1n) is 8.19. The summed E-state index contributed by atoms with van der Waals surface area (Å²) in [6.45, 7) is 3.52. The summed E-state index contributed by atoms with van der Waals surface area (Å²) in [7, 11) is 0. The van der Waals surface area contributed by atoms with Gasteiger partial charge >= 0.3 is 0 Å². The van der Waals surface area contributed by atoms with Crippen LogP contribution in [0, 0.1) is 12.7 Å². The van der Waals surface area contributed by atoms with E-state index in [0.717, 1.165) is 30.3 Å². The van der Waals surface area contributed by atoms with Crippen LogP contribution in [0.5, 0.6) is 0 Å². The highest BCUT2D eigenvalue weighted by molar-refractivity contribution is 6.05. The van der Waals surface area contributed by atoms with Gasteiger partial charge in [-0.1, -0.05) is 12.1 Å². The van der Waals surface area contributed by atoms with Crippen LogP contribution in [0.25, 0.3) is 0 Å². The molecule has 6 nitrogen and oxygen atoms in total. The van der Waals surface area contributed by atoms with E-state index in [-0.39, 0.29) is 17.2 Å². The van der Waals surface area contributed by atoms with Gasteiger partial charge in [-0.05, 0) is 38.3 Å². The van der Waals surface area contributed by atoms with Crippen LogP contribution in [0.2, 0.25) is 0 Å². The Balaban J connectivity index is 1.70. The van der Waals surface area contributed by atoms with Gasteiger partial charge in [-0.15, -0.1) is 0 Å². The van der Waals surface area contributed by atoms with E-state index in [9.17, 15) is 9.18 Å². The monoisotopic (exact) mass is 342 g/mol. The van der Waals surface area contributed by atoms with Gasteiger partial charge in [-0.25, -0.2) is 9.37 Å². The zero-order chi connectivity index (χ0) is 17.8. The summed E-state index contributed by atoms with van der Waals surface area (Å²) in [6, 6.07) is 3.50. The Kier molecular flexibility index (Phi) is 5.02. The van der Waals surface area contributed by atoms with Crippen LogP contribution < -0.4 is 5.32 Å². The lowest BCUT2D eigenvalue weighted by molar-refractivity contribution is 0.102. The lowest BCUT2D eigenvalue weighted by Gasteiger charge is -2.08. The molecule has 1 aliphatic carbocycles. The van der Waals surface area contributed by atoms with Crippen LogP contribution in [0.1, 0.15) is 47.7 Å². The Morgan fingerprint density at radius 2 is 2.16 bits per heavy atom. The molecule has 25 heavy (non-hydrogen) atoms. The molecule has 2 heterocycles. The first-order valence-corrected chi connectivity index (χ1v) is 8.19. The number of hydrogen-bond donors (Lipinski definition) is 1. The molecule has 0 saturated heterocycles. The zero-order valence-corrected chi connectivity index (χ0v) is 14.1. The quantitative estimate of drug-likeness (QED) is 0.644. The van der Waals surface area contributed by atoms with Crippen molar-refractivity contribution in [3.05, 3.63) is 53.2 Å². The number of amides is 1. The van der Waals surface area contributed by atoms with E-state index < -0.39 is 11.7 Å². The number of pyridine rings is 2. The molecule has 0 atom stereocenters. The maximum absolute atomic E-state index is 13.5. The minimum absolute atomic E-state index is 0.180. The van der Waals surface area contributed by atoms with Crippen LogP contribution in [0.4, 0.5) is 10.2 Å². The predicted molar refractivity (Wildman–Crippen MR) is 92.1 cm³/mol. The minimum atomic E-state index is -0.518. The number of carbonyl (C=O) groups is 1. The highest BCUT2D eigenvalue weighted by Gasteiger charge is 2.23. The van der Waals surface area contributed by atoms with E-state index >= 15 is 0 Å². The molecule has 1 N–H and O–H groups in total. The zero-order valence-electron chi connectivity index (χ0n) is 14.1. The summed E-state index contributed by atoms with van der Waals surface area (Å²) >= 11 is 0. The van der Waals surface area contributed by atoms with Crippen molar-refractivity contribution in [3.63, 3.8) is 0 Å². The Bertz CT molecular complexity index is 801. The third kappa shape index (κ3) is 4.17. The van der Waals surface area contributed by atoms with Crippen molar-refractivity contribution in [2.45, 2.75) is 39.2 Å². The summed E-state index contributed by atoms with van der Waals surface area (Å²) in [5.41, 5.74) is 2.08. The second-order valence-corrected chi connectivity index (χ2v) is 5.88. The molecule has 0 unspecified atom stereocenters. The highest BCUT2D eigenvalue weighted by atomic mass is 19.1. The third-order valence-corrected chi connectivity index (χ3v) is 3.91. The van der Waals surface area contributed by atoms with Gasteiger partial charge in [-0.2, -0.15) is 0 Å². The fourth-order valence-electron chi connectivity index (χ4n) is 2.18. The maximum atomic E-state index is 13.5. The molecule has 0 spiro atoms. The lowest BCUT2D eigenvalue weighted by Crippen LogP contribution is -2.15. The number of oxime groups is 1. The molecule has 1 saturated carbocycles. The number of anilines is 1. The molecule has 7 heteroatoms. The van der Waals surface area contributed by atoms with Gasteiger partial charge in [0.05, 0.1) is 17.5 Å². The second-order valence-electron chi connectivity index (χ2n) is 5.88. The number of nitrogens with zero attached hydrogens (tertiary/aromatic N) is 3. The number of halogens is 1. The molecule has 1 aliphatic rings. The maximum Gasteiger partial charge on any atom is 0.258 e. The summed E-state index contributed by atoms with van der Waals surface area (Å²) in [4.78, 5) is 25.6. The molecular weight excluding hydrogens is 323 g/mol. The molecule has 3 rings (SSSR count). The average molecular weight is 342 g/mol. The largest absolute Gasteiger partial charge is 0.392 e. The van der Waals surface area contributed by atoms with Gasteiger partial charge in [0.25, 0.3) is 5.91 Å². The van der Waals surface area contributed by atoms with E-state index in [1.807, 2.05) is 13.0 Å². The van der Waals surface area contributed by atoms with Gasteiger partial charge in [-0.3, -0.25) is 9.78 Å². The van der Waals surface area contributed by atoms with Crippen molar-refractivity contribution in [2.75, 3.05) is 5.32 Å². The number of aromatic nitrogens is 2. The highest BCUT2D eigenvalue weighted by Crippen LogP contribution is 2.24. The Morgan fingerprint density at radius 1 is 1.36 bits per heavy atom. The molecule has 2 aromatic rings. The van der Waals surface area contributed by atoms with Crippen LogP contribution in [0.3, 0.4) is 0 Å². The van der Waals surface area contributed by atoms with E-state index in [1.165, 1.54) is 13.1 Å². The molecule has 2 aromatic heterocycles. The van der Waals surface area contributed by atoms with Crippen LogP contribution in [0.15, 0.2) is 35.9 Å². The molecule has 0 aromatic carbocycles. The Labute approximate surface area is 145 Å². The van der Waals surface area contributed by atoms with E-state index in [1.54, 1.807) is 12.3 Å². The number of hydrogen-bond acceptors (Lipinski definition) is 5. The summed E-state index contributed by atoms with van der Waals surface area (Å²) in [5, 5.41) is 6.82. The van der Waals surface area contributed by atoms with Crippen LogP contribution >= 0.6 is 0 Å². The Morgan fingerprint density at radius 3 is 2.80 bits per heavy atom. The molecule has 1 amide bonds. The van der Waals surface area contributed by atoms with Gasteiger partial charge in [0.1, 0.15) is 17.7 Å². The molecule has 1 fully saturated rings. The topological polar surface area (TPSA) is 76.5 Å². The number of rotatable bonds is 6.